The van der Waals surface area contributed by atoms with Crippen LogP contribution in [-0.4, -0.2) is 63.7 Å². The number of aliphatic hydroxyl groups is 1. The number of aromatic nitrogens is 2. The summed E-state index contributed by atoms with van der Waals surface area (Å²) in [6.07, 6.45) is -10.3. The monoisotopic (exact) mass is 614 g/mol. The molecule has 1 saturated heterocycles. The number of nitrogens with zero attached hydrogens (tertiary/aromatic N) is 2. The third-order valence-electron chi connectivity index (χ3n) is 6.36. The molecule has 228 valence electrons. The molecule has 0 aliphatic carbocycles. The minimum absolute atomic E-state index is 0.0263. The number of hydrogen-bond acceptors (Lipinski definition) is 10. The van der Waals surface area contributed by atoms with Gasteiger partial charge in [-0.1, -0.05) is 30.3 Å². The molecule has 1 fully saturated rings. The van der Waals surface area contributed by atoms with E-state index >= 15 is 4.39 Å². The van der Waals surface area contributed by atoms with Gasteiger partial charge in [0.05, 0.1) is 12.7 Å². The molecule has 4 rings (SSSR count). The van der Waals surface area contributed by atoms with Crippen molar-refractivity contribution in [3.05, 3.63) is 65.2 Å². The Hall–Kier alpha value is -3.49. The van der Waals surface area contributed by atoms with Crippen LogP contribution in [0.15, 0.2) is 59.5 Å². The molecule has 6 unspecified atom stereocenters. The number of benzene rings is 2. The fourth-order valence-corrected chi connectivity index (χ4v) is 5.77. The number of esters is 1. The fourth-order valence-electron chi connectivity index (χ4n) is 4.25. The van der Waals surface area contributed by atoms with Crippen LogP contribution in [0.2, 0.25) is 0 Å². The lowest BCUT2D eigenvalue weighted by molar-refractivity contribution is -0.183. The summed E-state index contributed by atoms with van der Waals surface area (Å²) >= 11 is 0. The van der Waals surface area contributed by atoms with Crippen molar-refractivity contribution in [3.8, 4) is 5.75 Å². The Morgan fingerprint density at radius 3 is 2.55 bits per heavy atom. The molecule has 0 saturated carbocycles. The predicted octanol–water partition coefficient (Wildman–Crippen LogP) is 3.34. The molecule has 2 aromatic carbocycles. The lowest BCUT2D eigenvalue weighted by Crippen LogP contribution is -2.51. The first-order valence-electron chi connectivity index (χ1n) is 12.8. The third-order valence-corrected chi connectivity index (χ3v) is 7.98. The van der Waals surface area contributed by atoms with Gasteiger partial charge in [0.2, 0.25) is 0 Å². The molecule has 12 nitrogen and oxygen atoms in total. The second-order valence-electron chi connectivity index (χ2n) is 9.91. The zero-order valence-electron chi connectivity index (χ0n) is 22.7. The highest BCUT2D eigenvalue weighted by Gasteiger charge is 2.63. The Morgan fingerprint density at radius 2 is 1.90 bits per heavy atom. The summed E-state index contributed by atoms with van der Waals surface area (Å²) in [5.41, 5.74) is 1.13. The third kappa shape index (κ3) is 6.60. The van der Waals surface area contributed by atoms with Gasteiger partial charge in [0.15, 0.2) is 18.0 Å². The maximum Gasteiger partial charge on any atom is 0.459 e. The average molecular weight is 615 g/mol. The maximum absolute atomic E-state index is 15.4. The highest BCUT2D eigenvalue weighted by Crippen LogP contribution is 2.50. The Balaban J connectivity index is 1.65. The number of alkyl halides is 3. The van der Waals surface area contributed by atoms with Crippen molar-refractivity contribution in [1.82, 2.24) is 14.6 Å². The standard InChI is InChI=1S/C26H30F3N4O8P/c1-14(2)39-23(35)15(3)32-42(37,41-18-9-8-16-6-4-5-7-17(16)12-18)38-13-26(24(28)29)21(27)20(34)22(40-26)33-11-10-19(30)31-25(33)36/h4-12,14-15,20-22,24,34H,13H2,1-3H3,(H,32,37)(H2,30,31,36). The molecule has 42 heavy (non-hydrogen) atoms. The molecule has 1 aromatic heterocycles. The summed E-state index contributed by atoms with van der Waals surface area (Å²) in [6, 6.07) is 11.5. The first kappa shape index (κ1) is 31.4. The number of fused-ring (bicyclic) bond motifs is 1. The van der Waals surface area contributed by atoms with E-state index in [-0.39, 0.29) is 11.6 Å². The van der Waals surface area contributed by atoms with E-state index in [2.05, 4.69) is 10.1 Å². The first-order chi connectivity index (χ1) is 19.7. The number of carbonyl (C=O) groups is 1. The van der Waals surface area contributed by atoms with Crippen molar-refractivity contribution >= 4 is 30.3 Å². The van der Waals surface area contributed by atoms with Gasteiger partial charge in [-0.25, -0.2) is 22.5 Å². The lowest BCUT2D eigenvalue weighted by atomic mass is 9.98. The second kappa shape index (κ2) is 12.4. The highest BCUT2D eigenvalue weighted by molar-refractivity contribution is 7.52. The van der Waals surface area contributed by atoms with E-state index in [0.717, 1.165) is 17.6 Å². The van der Waals surface area contributed by atoms with Crippen LogP contribution in [0.1, 0.15) is 27.0 Å². The van der Waals surface area contributed by atoms with Crippen LogP contribution in [0.3, 0.4) is 0 Å². The zero-order valence-corrected chi connectivity index (χ0v) is 23.6. The van der Waals surface area contributed by atoms with Gasteiger partial charge >= 0.3 is 19.4 Å². The Kier molecular flexibility index (Phi) is 9.28. The zero-order chi connectivity index (χ0) is 30.8. The first-order valence-corrected chi connectivity index (χ1v) is 14.3. The number of ether oxygens (including phenoxy) is 2. The molecule has 0 bridgehead atoms. The van der Waals surface area contributed by atoms with E-state index in [1.165, 1.54) is 19.1 Å². The van der Waals surface area contributed by atoms with Crippen molar-refractivity contribution in [3.63, 3.8) is 0 Å². The number of aliphatic hydroxyl groups excluding tert-OH is 1. The highest BCUT2D eigenvalue weighted by atomic mass is 31.2. The SMILES string of the molecule is CC(C)OC(=O)C(C)NP(=O)(OCC1(C(F)F)OC(n2ccc(N)nc2=O)C(O)C1F)Oc1ccc2ccccc2c1. The normalized spacial score (nSPS) is 24.5. The summed E-state index contributed by atoms with van der Waals surface area (Å²) in [6.45, 7) is 3.01. The van der Waals surface area contributed by atoms with Crippen LogP contribution in [-0.2, 0) is 23.4 Å². The molecule has 0 radical (unpaired) electrons. The molecular formula is C26H30F3N4O8P. The molecule has 16 heteroatoms. The number of rotatable bonds is 11. The van der Waals surface area contributed by atoms with Gasteiger partial charge in [0, 0.05) is 6.20 Å². The molecule has 0 amide bonds. The fraction of sp³-hybridized carbons (Fsp3) is 0.423. The summed E-state index contributed by atoms with van der Waals surface area (Å²) in [4.78, 5) is 28.1. The maximum atomic E-state index is 15.4. The Labute approximate surface area is 238 Å². The number of anilines is 1. The van der Waals surface area contributed by atoms with Crippen molar-refractivity contribution < 1.29 is 46.2 Å². The van der Waals surface area contributed by atoms with E-state index in [9.17, 15) is 28.0 Å². The van der Waals surface area contributed by atoms with Crippen molar-refractivity contribution in [2.75, 3.05) is 12.3 Å². The average Bonchev–Trinajstić information content (AvgIpc) is 3.17. The van der Waals surface area contributed by atoms with Gasteiger partial charge in [-0.3, -0.25) is 13.9 Å². The smallest absolute Gasteiger partial charge is 0.459 e. The number of carbonyl (C=O) groups excluding carboxylic acids is 1. The van der Waals surface area contributed by atoms with Crippen LogP contribution in [0.4, 0.5) is 19.0 Å². The molecule has 1 aliphatic heterocycles. The van der Waals surface area contributed by atoms with Crippen LogP contribution in [0.25, 0.3) is 10.8 Å². The Morgan fingerprint density at radius 1 is 1.21 bits per heavy atom. The van der Waals surface area contributed by atoms with E-state index in [1.54, 1.807) is 38.1 Å². The van der Waals surface area contributed by atoms with Crippen molar-refractivity contribution in [2.45, 2.75) is 63.4 Å². The predicted molar refractivity (Wildman–Crippen MR) is 145 cm³/mol. The van der Waals surface area contributed by atoms with Gasteiger partial charge in [-0.05, 0) is 49.7 Å². The minimum atomic E-state index is -4.77. The molecule has 2 heterocycles. The van der Waals surface area contributed by atoms with Crippen LogP contribution in [0.5, 0.6) is 5.75 Å². The summed E-state index contributed by atoms with van der Waals surface area (Å²) in [5.74, 6) is -1.08. The van der Waals surface area contributed by atoms with Crippen molar-refractivity contribution in [1.29, 1.82) is 0 Å². The van der Waals surface area contributed by atoms with Gasteiger partial charge in [0.25, 0.3) is 6.43 Å². The van der Waals surface area contributed by atoms with Gasteiger partial charge in [-0.15, -0.1) is 0 Å². The number of nitrogens with one attached hydrogen (secondary N) is 1. The minimum Gasteiger partial charge on any atom is -0.462 e. The van der Waals surface area contributed by atoms with Gasteiger partial charge < -0.3 is 24.8 Å². The molecule has 3 aromatic rings. The van der Waals surface area contributed by atoms with E-state index < -0.39 is 68.7 Å². The lowest BCUT2D eigenvalue weighted by Gasteiger charge is -2.31. The number of nitrogens with two attached hydrogens (primary N) is 1. The van der Waals surface area contributed by atoms with E-state index in [1.807, 2.05) is 6.07 Å². The van der Waals surface area contributed by atoms with Gasteiger partial charge in [-0.2, -0.15) is 10.1 Å². The Bertz CT molecular complexity index is 1540. The van der Waals surface area contributed by atoms with Gasteiger partial charge in [0.1, 0.15) is 23.7 Å². The molecule has 6 atom stereocenters. The molecular weight excluding hydrogens is 584 g/mol. The number of halogens is 3. The number of nitrogen functional groups attached to an aromatic ring is 1. The van der Waals surface area contributed by atoms with E-state index in [4.69, 9.17) is 24.3 Å². The quantitative estimate of drug-likeness (QED) is 0.214. The summed E-state index contributed by atoms with van der Waals surface area (Å²) in [7, 11) is -4.77. The second-order valence-corrected chi connectivity index (χ2v) is 11.6. The summed E-state index contributed by atoms with van der Waals surface area (Å²) < 4.78 is 80.1. The molecule has 4 N–H and O–H groups in total. The van der Waals surface area contributed by atoms with Crippen LogP contribution >= 0.6 is 7.75 Å². The topological polar surface area (TPSA) is 164 Å². The summed E-state index contributed by atoms with van der Waals surface area (Å²) in [5, 5.41) is 14.3. The molecule has 0 spiro atoms. The number of hydrogen-bond donors (Lipinski definition) is 3. The van der Waals surface area contributed by atoms with Crippen LogP contribution < -0.4 is 21.0 Å². The molecule has 1 aliphatic rings. The van der Waals surface area contributed by atoms with E-state index in [0.29, 0.717) is 9.95 Å². The largest absolute Gasteiger partial charge is 0.462 e. The van der Waals surface area contributed by atoms with Crippen molar-refractivity contribution in [2.24, 2.45) is 0 Å². The van der Waals surface area contributed by atoms with Crippen LogP contribution in [0, 0.1) is 0 Å².